The molecular weight excluding hydrogens is 598 g/mol. The second-order valence-corrected chi connectivity index (χ2v) is 12.1. The summed E-state index contributed by atoms with van der Waals surface area (Å²) in [6.45, 7) is 8.22. The smallest absolute Gasteiger partial charge is 0.242 e. The van der Waals surface area contributed by atoms with Gasteiger partial charge in [0.2, 0.25) is 23.0 Å². The summed E-state index contributed by atoms with van der Waals surface area (Å²) < 4.78 is 19.2. The Morgan fingerprint density at radius 1 is 1.02 bits per heavy atom. The molecule has 3 aromatic carbocycles. The van der Waals surface area contributed by atoms with Crippen molar-refractivity contribution in [2.75, 3.05) is 33.2 Å². The number of aromatic nitrogens is 2. The molecule has 2 atom stereocenters. The highest BCUT2D eigenvalue weighted by atomic mass is 16.5. The van der Waals surface area contributed by atoms with Crippen LogP contribution in [0.2, 0.25) is 0 Å². The number of nitrogens with zero attached hydrogens (tertiary/aromatic N) is 2. The van der Waals surface area contributed by atoms with Crippen LogP contribution in [0.1, 0.15) is 50.2 Å². The number of methoxy groups -OCH3 is 3. The first-order chi connectivity index (χ1) is 22.6. The van der Waals surface area contributed by atoms with E-state index in [0.717, 1.165) is 28.0 Å². The molecule has 0 aliphatic heterocycles. The quantitative estimate of drug-likeness (QED) is 0.213. The first-order valence-electron chi connectivity index (χ1n) is 15.8. The van der Waals surface area contributed by atoms with Gasteiger partial charge in [0.15, 0.2) is 11.5 Å². The number of aryl methyl sites for hydroxylation is 2. The second-order valence-electron chi connectivity index (χ2n) is 12.1. The normalized spacial score (nSPS) is 14.4. The van der Waals surface area contributed by atoms with Crippen LogP contribution in [0.25, 0.3) is 22.2 Å². The molecule has 0 bridgehead atoms. The molecule has 2 amide bonds. The average Bonchev–Trinajstić information content (AvgIpc) is 3.17. The van der Waals surface area contributed by atoms with Crippen molar-refractivity contribution >= 4 is 28.5 Å². The molecule has 1 heterocycles. The molecule has 47 heavy (non-hydrogen) atoms. The van der Waals surface area contributed by atoms with Crippen LogP contribution < -0.4 is 35.6 Å². The number of imidazole rings is 1. The highest BCUT2D eigenvalue weighted by Gasteiger charge is 2.30. The fraction of sp³-hybridized carbons (Fsp3) is 0.389. The number of para-hydroxylation sites is 2. The van der Waals surface area contributed by atoms with Crippen LogP contribution in [-0.2, 0) is 22.6 Å². The van der Waals surface area contributed by atoms with Gasteiger partial charge in [0.1, 0.15) is 11.9 Å². The molecule has 11 nitrogen and oxygen atoms in total. The molecule has 3 N–H and O–H groups in total. The van der Waals surface area contributed by atoms with Crippen molar-refractivity contribution in [3.63, 3.8) is 0 Å². The van der Waals surface area contributed by atoms with E-state index < -0.39 is 12.1 Å². The number of rotatable bonds is 11. The lowest BCUT2D eigenvalue weighted by Gasteiger charge is -2.22. The molecule has 248 valence electrons. The molecule has 0 radical (unpaired) electrons. The summed E-state index contributed by atoms with van der Waals surface area (Å²) in [5.41, 5.74) is 4.95. The summed E-state index contributed by atoms with van der Waals surface area (Å²) in [5.74, 6) is 1.75. The van der Waals surface area contributed by atoms with Gasteiger partial charge in [-0.2, -0.15) is 0 Å². The van der Waals surface area contributed by atoms with Crippen molar-refractivity contribution < 1.29 is 23.8 Å². The number of fused-ring (bicyclic) bond motifs is 4. The minimum atomic E-state index is -0.678. The molecule has 1 aliphatic rings. The summed E-state index contributed by atoms with van der Waals surface area (Å²) >= 11 is 0. The lowest BCUT2D eigenvalue weighted by Crippen LogP contribution is -2.44. The molecule has 4 aromatic rings. The Bertz CT molecular complexity index is 1870. The van der Waals surface area contributed by atoms with Crippen LogP contribution in [0.3, 0.4) is 0 Å². The Balaban J connectivity index is 1.49. The summed E-state index contributed by atoms with van der Waals surface area (Å²) in [6.07, 6.45) is 1.14. The Hall–Kier alpha value is -5.06. The van der Waals surface area contributed by atoms with Gasteiger partial charge in [-0.1, -0.05) is 32.0 Å². The first-order valence-corrected chi connectivity index (χ1v) is 15.8. The van der Waals surface area contributed by atoms with Gasteiger partial charge < -0.3 is 34.7 Å². The predicted molar refractivity (Wildman–Crippen MR) is 182 cm³/mol. The van der Waals surface area contributed by atoms with Crippen LogP contribution in [0.15, 0.2) is 53.3 Å². The highest BCUT2D eigenvalue weighted by molar-refractivity contribution is 5.86. The van der Waals surface area contributed by atoms with E-state index in [0.29, 0.717) is 54.3 Å². The van der Waals surface area contributed by atoms with Crippen molar-refractivity contribution in [3.05, 3.63) is 75.7 Å². The molecule has 11 heteroatoms. The standard InChI is InChI=1S/C36H43N5O6/c1-20(2)33(36(44)37-16-17-41-21(3)38-27-10-8-9-11-29(27)41)40-28-15-13-24-25(19-30(28)43)26(39-22(4)42)14-12-23-18-31(45-5)34(46-6)35(47-7)32(23)24/h8-11,13,15,18-20,26,33H,12,14,16-17H2,1-7H3,(H,37,44)(H,39,42)(H,40,43)/t26-,33-/m0/s1. The second kappa shape index (κ2) is 14.1. The van der Waals surface area contributed by atoms with Gasteiger partial charge in [-0.05, 0) is 72.7 Å². The third-order valence-electron chi connectivity index (χ3n) is 8.66. The largest absolute Gasteiger partial charge is 0.493 e. The maximum atomic E-state index is 13.8. The molecule has 0 saturated heterocycles. The third kappa shape index (κ3) is 6.74. The molecule has 1 aliphatic carbocycles. The summed E-state index contributed by atoms with van der Waals surface area (Å²) in [7, 11) is 4.67. The van der Waals surface area contributed by atoms with Crippen molar-refractivity contribution in [1.29, 1.82) is 0 Å². The zero-order valence-electron chi connectivity index (χ0n) is 28.0. The number of amides is 2. The predicted octanol–water partition coefficient (Wildman–Crippen LogP) is 4.77. The average molecular weight is 642 g/mol. The van der Waals surface area contributed by atoms with E-state index in [1.165, 1.54) is 6.92 Å². The van der Waals surface area contributed by atoms with E-state index in [2.05, 4.69) is 25.5 Å². The van der Waals surface area contributed by atoms with Crippen LogP contribution in [-0.4, -0.2) is 55.3 Å². The molecule has 0 unspecified atom stereocenters. The van der Waals surface area contributed by atoms with Gasteiger partial charge in [-0.3, -0.25) is 14.4 Å². The van der Waals surface area contributed by atoms with Gasteiger partial charge >= 0.3 is 0 Å². The van der Waals surface area contributed by atoms with Crippen LogP contribution in [0, 0.1) is 12.8 Å². The number of carbonyl (C=O) groups excluding carboxylic acids is 2. The maximum absolute atomic E-state index is 13.8. The fourth-order valence-corrected chi connectivity index (χ4v) is 6.41. The van der Waals surface area contributed by atoms with E-state index >= 15 is 0 Å². The molecule has 0 saturated carbocycles. The SMILES string of the molecule is COc1cc2c(c(OC)c1OC)-c1ccc(N[C@H](C(=O)NCCn3c(C)nc4ccccc43)C(C)C)c(=O)cc1[C@@H](NC(C)=O)CC2. The molecular formula is C36H43N5O6. The minimum Gasteiger partial charge on any atom is -0.493 e. The lowest BCUT2D eigenvalue weighted by atomic mass is 9.95. The lowest BCUT2D eigenvalue weighted by molar-refractivity contribution is -0.122. The van der Waals surface area contributed by atoms with Gasteiger partial charge in [0, 0.05) is 25.6 Å². The minimum absolute atomic E-state index is 0.127. The molecule has 0 fully saturated rings. The van der Waals surface area contributed by atoms with Crippen molar-refractivity contribution in [2.45, 2.75) is 59.2 Å². The van der Waals surface area contributed by atoms with E-state index in [4.69, 9.17) is 14.2 Å². The number of benzene rings is 2. The molecule has 5 rings (SSSR count). The topological polar surface area (TPSA) is 133 Å². The van der Waals surface area contributed by atoms with Crippen molar-refractivity contribution in [2.24, 2.45) is 5.92 Å². The van der Waals surface area contributed by atoms with E-state index in [1.54, 1.807) is 33.5 Å². The van der Waals surface area contributed by atoms with Crippen molar-refractivity contribution in [1.82, 2.24) is 20.2 Å². The van der Waals surface area contributed by atoms with Crippen LogP contribution in [0.5, 0.6) is 17.2 Å². The molecule has 0 spiro atoms. The van der Waals surface area contributed by atoms with Gasteiger partial charge in [0.05, 0.1) is 44.1 Å². The van der Waals surface area contributed by atoms with Gasteiger partial charge in [0.25, 0.3) is 0 Å². The summed E-state index contributed by atoms with van der Waals surface area (Å²) in [6, 6.07) is 13.8. The van der Waals surface area contributed by atoms with Crippen LogP contribution >= 0.6 is 0 Å². The number of hydrogen-bond acceptors (Lipinski definition) is 8. The summed E-state index contributed by atoms with van der Waals surface area (Å²) in [5, 5.41) is 9.30. The zero-order chi connectivity index (χ0) is 33.8. The summed E-state index contributed by atoms with van der Waals surface area (Å²) in [4.78, 5) is 44.3. The Morgan fingerprint density at radius 2 is 1.77 bits per heavy atom. The van der Waals surface area contributed by atoms with Gasteiger partial charge in [-0.25, -0.2) is 4.98 Å². The Labute approximate surface area is 274 Å². The number of carbonyl (C=O) groups is 2. The van der Waals surface area contributed by atoms with Crippen molar-refractivity contribution in [3.8, 4) is 28.4 Å². The number of nitrogens with one attached hydrogen (secondary N) is 3. The highest BCUT2D eigenvalue weighted by Crippen LogP contribution is 2.50. The first kappa shape index (κ1) is 33.3. The van der Waals surface area contributed by atoms with Gasteiger partial charge in [-0.15, -0.1) is 0 Å². The fourth-order valence-electron chi connectivity index (χ4n) is 6.41. The number of ether oxygens (including phenoxy) is 3. The van der Waals surface area contributed by atoms with E-state index in [1.807, 2.05) is 57.2 Å². The Kier molecular flexibility index (Phi) is 10.0. The van der Waals surface area contributed by atoms with E-state index in [9.17, 15) is 14.4 Å². The molecule has 1 aromatic heterocycles. The maximum Gasteiger partial charge on any atom is 0.242 e. The zero-order valence-corrected chi connectivity index (χ0v) is 28.0. The number of anilines is 1. The van der Waals surface area contributed by atoms with E-state index in [-0.39, 0.29) is 28.8 Å². The monoisotopic (exact) mass is 641 g/mol. The van der Waals surface area contributed by atoms with Crippen LogP contribution in [0.4, 0.5) is 5.69 Å². The third-order valence-corrected chi connectivity index (χ3v) is 8.66. The Morgan fingerprint density at radius 3 is 2.45 bits per heavy atom. The number of hydrogen-bond donors (Lipinski definition) is 3.